The number of nitrogens with zero attached hydrogens (tertiary/aromatic N) is 2. The van der Waals surface area contributed by atoms with Gasteiger partial charge in [-0.2, -0.15) is 0 Å². The molecule has 3 nitrogen and oxygen atoms in total. The highest BCUT2D eigenvalue weighted by molar-refractivity contribution is 5.94. The van der Waals surface area contributed by atoms with E-state index in [2.05, 4.69) is 24.8 Å². The number of hydrogen-bond acceptors (Lipinski definition) is 2. The van der Waals surface area contributed by atoms with Crippen LogP contribution in [0.2, 0.25) is 0 Å². The monoisotopic (exact) mass is 262 g/mol. The summed E-state index contributed by atoms with van der Waals surface area (Å²) in [4.78, 5) is 16.5. The minimum atomic E-state index is 0.131. The first kappa shape index (κ1) is 15.7. The van der Waals surface area contributed by atoms with Gasteiger partial charge in [0.25, 0.3) is 5.91 Å². The molecule has 0 spiro atoms. The lowest BCUT2D eigenvalue weighted by Gasteiger charge is -2.20. The fourth-order valence-corrected chi connectivity index (χ4v) is 2.20. The zero-order valence-corrected chi connectivity index (χ0v) is 12.6. The molecule has 0 atom stereocenters. The molecule has 0 heterocycles. The van der Waals surface area contributed by atoms with Crippen molar-refractivity contribution in [2.45, 2.75) is 34.2 Å². The van der Waals surface area contributed by atoms with E-state index in [9.17, 15) is 4.79 Å². The van der Waals surface area contributed by atoms with Crippen LogP contribution < -0.4 is 0 Å². The van der Waals surface area contributed by atoms with Crippen molar-refractivity contribution in [1.82, 2.24) is 9.80 Å². The summed E-state index contributed by atoms with van der Waals surface area (Å²) in [5.41, 5.74) is 2.01. The number of carbonyl (C=O) groups excluding carboxylic acids is 1. The molecule has 0 N–H and O–H groups in total. The van der Waals surface area contributed by atoms with Gasteiger partial charge >= 0.3 is 0 Å². The van der Waals surface area contributed by atoms with Gasteiger partial charge in [0.15, 0.2) is 0 Å². The molecule has 0 radical (unpaired) electrons. The minimum Gasteiger partial charge on any atom is -0.339 e. The summed E-state index contributed by atoms with van der Waals surface area (Å²) < 4.78 is 0. The molecule has 19 heavy (non-hydrogen) atoms. The molecule has 1 aromatic rings. The quantitative estimate of drug-likeness (QED) is 0.754. The normalized spacial score (nSPS) is 10.8. The Morgan fingerprint density at radius 3 is 2.16 bits per heavy atom. The molecule has 0 bridgehead atoms. The van der Waals surface area contributed by atoms with Crippen LogP contribution in [0, 0.1) is 0 Å². The fourth-order valence-electron chi connectivity index (χ4n) is 2.20. The molecule has 1 aromatic carbocycles. The second kappa shape index (κ2) is 7.95. The lowest BCUT2D eigenvalue weighted by molar-refractivity contribution is 0.0773. The van der Waals surface area contributed by atoms with Gasteiger partial charge in [0, 0.05) is 25.2 Å². The van der Waals surface area contributed by atoms with Crippen molar-refractivity contribution < 1.29 is 4.79 Å². The molecule has 1 rings (SSSR count). The van der Waals surface area contributed by atoms with Gasteiger partial charge < -0.3 is 4.90 Å². The fraction of sp³-hybridized carbons (Fsp3) is 0.562. The van der Waals surface area contributed by atoms with Crippen molar-refractivity contribution in [1.29, 1.82) is 0 Å². The zero-order chi connectivity index (χ0) is 14.3. The maximum atomic E-state index is 12.3. The van der Waals surface area contributed by atoms with E-state index in [-0.39, 0.29) is 5.91 Å². The van der Waals surface area contributed by atoms with E-state index in [1.54, 1.807) is 0 Å². The molecule has 0 fully saturated rings. The summed E-state index contributed by atoms with van der Waals surface area (Å²) in [6.07, 6.45) is 0. The lowest BCUT2D eigenvalue weighted by atomic mass is 10.1. The molecule has 0 saturated heterocycles. The molecule has 0 aliphatic rings. The smallest absolute Gasteiger partial charge is 0.253 e. The van der Waals surface area contributed by atoms with Crippen LogP contribution in [0.25, 0.3) is 0 Å². The molecule has 0 aliphatic heterocycles. The summed E-state index contributed by atoms with van der Waals surface area (Å²) in [6, 6.07) is 8.01. The summed E-state index contributed by atoms with van der Waals surface area (Å²) in [7, 11) is 0. The summed E-state index contributed by atoms with van der Waals surface area (Å²) in [5, 5.41) is 0. The van der Waals surface area contributed by atoms with Crippen LogP contribution >= 0.6 is 0 Å². The van der Waals surface area contributed by atoms with Gasteiger partial charge in [-0.15, -0.1) is 0 Å². The number of hydrogen-bond donors (Lipinski definition) is 0. The van der Waals surface area contributed by atoms with E-state index < -0.39 is 0 Å². The third kappa shape index (κ3) is 4.35. The van der Waals surface area contributed by atoms with Gasteiger partial charge in [0.05, 0.1) is 0 Å². The van der Waals surface area contributed by atoms with Crippen molar-refractivity contribution in [3.63, 3.8) is 0 Å². The first-order valence-corrected chi connectivity index (χ1v) is 7.26. The third-order valence-electron chi connectivity index (χ3n) is 3.53. The van der Waals surface area contributed by atoms with Crippen LogP contribution in [0.15, 0.2) is 24.3 Å². The van der Waals surface area contributed by atoms with E-state index >= 15 is 0 Å². The van der Waals surface area contributed by atoms with Crippen molar-refractivity contribution in [3.8, 4) is 0 Å². The Labute approximate surface area is 117 Å². The summed E-state index contributed by atoms with van der Waals surface area (Å²) in [6.45, 7) is 12.8. The molecule has 1 amide bonds. The van der Waals surface area contributed by atoms with Crippen molar-refractivity contribution >= 4 is 5.91 Å². The Morgan fingerprint density at radius 2 is 1.63 bits per heavy atom. The largest absolute Gasteiger partial charge is 0.339 e. The SMILES string of the molecule is CCN(CC)Cc1cccc(C(=O)N(CC)CC)c1. The zero-order valence-electron chi connectivity index (χ0n) is 12.6. The highest BCUT2D eigenvalue weighted by Gasteiger charge is 2.12. The highest BCUT2D eigenvalue weighted by atomic mass is 16.2. The Balaban J connectivity index is 2.84. The maximum Gasteiger partial charge on any atom is 0.253 e. The Bertz CT molecular complexity index is 395. The number of rotatable bonds is 7. The van der Waals surface area contributed by atoms with Crippen LogP contribution in [0.1, 0.15) is 43.6 Å². The first-order chi connectivity index (χ1) is 9.15. The first-order valence-electron chi connectivity index (χ1n) is 7.26. The molecule has 0 aliphatic carbocycles. The average Bonchev–Trinajstić information content (AvgIpc) is 2.46. The van der Waals surface area contributed by atoms with Crippen LogP contribution in [0.5, 0.6) is 0 Å². The van der Waals surface area contributed by atoms with Crippen molar-refractivity contribution in [2.75, 3.05) is 26.2 Å². The Hall–Kier alpha value is -1.35. The van der Waals surface area contributed by atoms with Gasteiger partial charge in [-0.05, 0) is 44.6 Å². The topological polar surface area (TPSA) is 23.6 Å². The molecule has 0 aromatic heterocycles. The van der Waals surface area contributed by atoms with E-state index in [0.717, 1.165) is 38.3 Å². The van der Waals surface area contributed by atoms with E-state index in [1.165, 1.54) is 5.56 Å². The van der Waals surface area contributed by atoms with Gasteiger partial charge in [-0.3, -0.25) is 9.69 Å². The standard InChI is InChI=1S/C16H26N2O/c1-5-17(6-2)13-14-10-9-11-15(12-14)16(19)18(7-3)8-4/h9-12H,5-8,13H2,1-4H3. The van der Waals surface area contributed by atoms with E-state index in [0.29, 0.717) is 0 Å². The lowest BCUT2D eigenvalue weighted by Crippen LogP contribution is -2.30. The molecule has 0 unspecified atom stereocenters. The number of amides is 1. The molecular weight excluding hydrogens is 236 g/mol. The van der Waals surface area contributed by atoms with Crippen molar-refractivity contribution in [2.24, 2.45) is 0 Å². The predicted octanol–water partition coefficient (Wildman–Crippen LogP) is 3.01. The second-order valence-electron chi connectivity index (χ2n) is 4.64. The van der Waals surface area contributed by atoms with Crippen LogP contribution in [0.3, 0.4) is 0 Å². The molecule has 3 heteroatoms. The third-order valence-corrected chi connectivity index (χ3v) is 3.53. The molecular formula is C16H26N2O. The van der Waals surface area contributed by atoms with Crippen molar-refractivity contribution in [3.05, 3.63) is 35.4 Å². The average molecular weight is 262 g/mol. The second-order valence-corrected chi connectivity index (χ2v) is 4.64. The summed E-state index contributed by atoms with van der Waals surface area (Å²) >= 11 is 0. The van der Waals surface area contributed by atoms with Crippen LogP contribution in [0.4, 0.5) is 0 Å². The predicted molar refractivity (Wildman–Crippen MR) is 80.3 cm³/mol. The van der Waals surface area contributed by atoms with Gasteiger partial charge in [-0.25, -0.2) is 0 Å². The number of carbonyl (C=O) groups is 1. The Kier molecular flexibility index (Phi) is 6.57. The Morgan fingerprint density at radius 1 is 1.00 bits per heavy atom. The van der Waals surface area contributed by atoms with Gasteiger partial charge in [-0.1, -0.05) is 26.0 Å². The van der Waals surface area contributed by atoms with E-state index in [4.69, 9.17) is 0 Å². The number of benzene rings is 1. The van der Waals surface area contributed by atoms with Gasteiger partial charge in [0.1, 0.15) is 0 Å². The molecule has 106 valence electrons. The highest BCUT2D eigenvalue weighted by Crippen LogP contribution is 2.11. The van der Waals surface area contributed by atoms with E-state index in [1.807, 2.05) is 36.9 Å². The van der Waals surface area contributed by atoms with Crippen LogP contribution in [-0.2, 0) is 6.54 Å². The maximum absolute atomic E-state index is 12.3. The van der Waals surface area contributed by atoms with Gasteiger partial charge in [0.2, 0.25) is 0 Å². The molecule has 0 saturated carbocycles. The summed E-state index contributed by atoms with van der Waals surface area (Å²) in [5.74, 6) is 0.131. The minimum absolute atomic E-state index is 0.131. The van der Waals surface area contributed by atoms with Crippen LogP contribution in [-0.4, -0.2) is 41.9 Å².